The zero-order valence-corrected chi connectivity index (χ0v) is 17.6. The molecule has 5 nitrogen and oxygen atoms in total. The molecule has 0 spiro atoms. The van der Waals surface area contributed by atoms with Crippen molar-refractivity contribution in [2.75, 3.05) is 6.54 Å². The van der Waals surface area contributed by atoms with E-state index in [9.17, 15) is 8.42 Å². The van der Waals surface area contributed by atoms with Crippen LogP contribution in [-0.4, -0.2) is 29.2 Å². The van der Waals surface area contributed by atoms with Crippen molar-refractivity contribution in [1.29, 1.82) is 0 Å². The molecule has 0 aliphatic carbocycles. The number of aromatic nitrogens is 2. The van der Waals surface area contributed by atoms with Crippen LogP contribution in [0.2, 0.25) is 5.15 Å². The molecule has 0 saturated heterocycles. The summed E-state index contributed by atoms with van der Waals surface area (Å²) < 4.78 is 28.5. The minimum absolute atomic E-state index is 0.122. The summed E-state index contributed by atoms with van der Waals surface area (Å²) in [6, 6.07) is 12.6. The first-order valence-corrected chi connectivity index (χ1v) is 10.8. The molecule has 0 aliphatic heterocycles. The van der Waals surface area contributed by atoms with E-state index >= 15 is 0 Å². The molecular formula is C21H22ClN3O2S. The molecule has 0 amide bonds. The number of sulfonamides is 1. The average molecular weight is 416 g/mol. The van der Waals surface area contributed by atoms with Crippen molar-refractivity contribution in [2.24, 2.45) is 0 Å². The number of aryl methyl sites for hydroxylation is 2. The van der Waals surface area contributed by atoms with Crippen molar-refractivity contribution in [2.45, 2.75) is 31.7 Å². The maximum atomic E-state index is 13.5. The van der Waals surface area contributed by atoms with Crippen LogP contribution in [-0.2, 0) is 10.0 Å². The Morgan fingerprint density at radius 1 is 1.07 bits per heavy atom. The quantitative estimate of drug-likeness (QED) is 0.554. The van der Waals surface area contributed by atoms with Gasteiger partial charge in [-0.2, -0.15) is 4.31 Å². The van der Waals surface area contributed by atoms with Gasteiger partial charge in [0.1, 0.15) is 10.0 Å². The minimum Gasteiger partial charge on any atom is -0.264 e. The molecule has 146 valence electrons. The number of hydrogen-bond acceptors (Lipinski definition) is 4. The number of nitrogens with zero attached hydrogens (tertiary/aromatic N) is 3. The summed E-state index contributed by atoms with van der Waals surface area (Å²) >= 11 is 5.99. The first-order valence-electron chi connectivity index (χ1n) is 8.95. The molecule has 0 N–H and O–H groups in total. The molecule has 0 unspecified atom stereocenters. The summed E-state index contributed by atoms with van der Waals surface area (Å²) in [6.45, 7) is 5.85. The van der Waals surface area contributed by atoms with Gasteiger partial charge in [0.2, 0.25) is 10.0 Å². The van der Waals surface area contributed by atoms with E-state index in [-0.39, 0.29) is 11.4 Å². The van der Waals surface area contributed by atoms with Gasteiger partial charge in [-0.05, 0) is 42.7 Å². The molecule has 0 fully saturated rings. The molecule has 1 aromatic carbocycles. The lowest BCUT2D eigenvalue weighted by Gasteiger charge is -2.30. The fourth-order valence-corrected chi connectivity index (χ4v) is 4.86. The SMILES string of the molecule is CCN([C@@H](c1ccc(C)cc1)c1cccnc1)S(=O)(=O)c1cnc(Cl)c(C)c1. The Morgan fingerprint density at radius 2 is 1.79 bits per heavy atom. The van der Waals surface area contributed by atoms with Crippen molar-refractivity contribution in [3.05, 3.63) is 88.5 Å². The minimum atomic E-state index is -3.81. The largest absolute Gasteiger partial charge is 0.264 e. The molecule has 7 heteroatoms. The zero-order chi connectivity index (χ0) is 20.3. The number of halogens is 1. The van der Waals surface area contributed by atoms with E-state index in [1.54, 1.807) is 25.4 Å². The van der Waals surface area contributed by atoms with Crippen molar-refractivity contribution in [1.82, 2.24) is 14.3 Å². The van der Waals surface area contributed by atoms with Gasteiger partial charge in [0.25, 0.3) is 0 Å². The van der Waals surface area contributed by atoms with Crippen LogP contribution in [0.3, 0.4) is 0 Å². The fraction of sp³-hybridized carbons (Fsp3) is 0.238. The molecule has 0 radical (unpaired) electrons. The van der Waals surface area contributed by atoms with E-state index < -0.39 is 16.1 Å². The number of pyridine rings is 2. The molecule has 1 atom stereocenters. The van der Waals surface area contributed by atoms with Crippen molar-refractivity contribution >= 4 is 21.6 Å². The van der Waals surface area contributed by atoms with Crippen LogP contribution in [0.15, 0.2) is 66.0 Å². The molecule has 28 heavy (non-hydrogen) atoms. The Balaban J connectivity index is 2.15. The normalized spacial score (nSPS) is 12.9. The van der Waals surface area contributed by atoms with Gasteiger partial charge >= 0.3 is 0 Å². The fourth-order valence-electron chi connectivity index (χ4n) is 3.11. The van der Waals surface area contributed by atoms with E-state index in [2.05, 4.69) is 9.97 Å². The lowest BCUT2D eigenvalue weighted by molar-refractivity contribution is 0.374. The summed E-state index contributed by atoms with van der Waals surface area (Å²) in [5.41, 5.74) is 3.40. The summed E-state index contributed by atoms with van der Waals surface area (Å²) in [7, 11) is -3.81. The highest BCUT2D eigenvalue weighted by molar-refractivity contribution is 7.89. The van der Waals surface area contributed by atoms with E-state index in [4.69, 9.17) is 11.6 Å². The Hall–Kier alpha value is -2.28. The monoisotopic (exact) mass is 415 g/mol. The van der Waals surface area contributed by atoms with Gasteiger partial charge in [0.05, 0.1) is 6.04 Å². The Bertz CT molecular complexity index is 1050. The van der Waals surface area contributed by atoms with Crippen LogP contribution < -0.4 is 0 Å². The number of benzene rings is 1. The van der Waals surface area contributed by atoms with E-state index in [1.165, 1.54) is 10.5 Å². The van der Waals surface area contributed by atoms with Gasteiger partial charge < -0.3 is 0 Å². The third-order valence-corrected chi connectivity index (χ3v) is 6.89. The Morgan fingerprint density at radius 3 is 2.36 bits per heavy atom. The first-order chi connectivity index (χ1) is 13.3. The van der Waals surface area contributed by atoms with E-state index in [1.807, 2.05) is 50.2 Å². The third-order valence-electron chi connectivity index (χ3n) is 4.59. The summed E-state index contributed by atoms with van der Waals surface area (Å²) in [4.78, 5) is 8.34. The van der Waals surface area contributed by atoms with Gasteiger partial charge in [0.15, 0.2) is 0 Å². The highest BCUT2D eigenvalue weighted by Gasteiger charge is 2.33. The van der Waals surface area contributed by atoms with Crippen molar-refractivity contribution in [3.8, 4) is 0 Å². The summed E-state index contributed by atoms with van der Waals surface area (Å²) in [6.07, 6.45) is 4.68. The molecule has 3 rings (SSSR count). The Labute approximate surface area is 171 Å². The van der Waals surface area contributed by atoms with Crippen LogP contribution in [0.4, 0.5) is 0 Å². The molecule has 0 bridgehead atoms. The molecular weight excluding hydrogens is 394 g/mol. The maximum absolute atomic E-state index is 13.5. The van der Waals surface area contributed by atoms with E-state index in [0.717, 1.165) is 16.7 Å². The van der Waals surface area contributed by atoms with Crippen molar-refractivity contribution < 1.29 is 8.42 Å². The van der Waals surface area contributed by atoms with E-state index in [0.29, 0.717) is 10.7 Å². The topological polar surface area (TPSA) is 63.2 Å². The highest BCUT2D eigenvalue weighted by Crippen LogP contribution is 2.33. The number of rotatable bonds is 6. The predicted octanol–water partition coefficient (Wildman–Crippen LogP) is 4.55. The van der Waals surface area contributed by atoms with Gasteiger partial charge in [-0.15, -0.1) is 0 Å². The van der Waals surface area contributed by atoms with Gasteiger partial charge in [-0.25, -0.2) is 13.4 Å². The second-order valence-corrected chi connectivity index (χ2v) is 8.84. The maximum Gasteiger partial charge on any atom is 0.245 e. The second kappa shape index (κ2) is 8.39. The highest BCUT2D eigenvalue weighted by atomic mass is 35.5. The summed E-state index contributed by atoms with van der Waals surface area (Å²) in [5, 5.41) is 0.296. The van der Waals surface area contributed by atoms with Crippen LogP contribution in [0, 0.1) is 13.8 Å². The molecule has 3 aromatic rings. The van der Waals surface area contributed by atoms with Gasteiger partial charge in [-0.3, -0.25) is 4.98 Å². The zero-order valence-electron chi connectivity index (χ0n) is 16.0. The standard InChI is InChI=1S/C21H22ClN3O2S/c1-4-25(28(26,27)19-12-16(3)21(22)24-14-19)20(18-6-5-11-23-13-18)17-9-7-15(2)8-10-17/h5-14,20H,4H2,1-3H3/t20-/m0/s1. The number of hydrogen-bond donors (Lipinski definition) is 0. The smallest absolute Gasteiger partial charge is 0.245 e. The molecule has 2 heterocycles. The lowest BCUT2D eigenvalue weighted by Crippen LogP contribution is -2.35. The van der Waals surface area contributed by atoms with Gasteiger partial charge in [0, 0.05) is 25.1 Å². The average Bonchev–Trinajstić information content (AvgIpc) is 2.69. The van der Waals surface area contributed by atoms with Crippen LogP contribution >= 0.6 is 11.6 Å². The molecule has 2 aromatic heterocycles. The van der Waals surface area contributed by atoms with Crippen LogP contribution in [0.1, 0.15) is 35.2 Å². The first kappa shape index (κ1) is 20.5. The predicted molar refractivity (Wildman–Crippen MR) is 111 cm³/mol. The van der Waals surface area contributed by atoms with Crippen LogP contribution in [0.25, 0.3) is 0 Å². The molecule has 0 aliphatic rings. The van der Waals surface area contributed by atoms with Crippen LogP contribution in [0.5, 0.6) is 0 Å². The van der Waals surface area contributed by atoms with Crippen molar-refractivity contribution in [3.63, 3.8) is 0 Å². The second-order valence-electron chi connectivity index (χ2n) is 6.59. The molecule has 0 saturated carbocycles. The van der Waals surface area contributed by atoms with Gasteiger partial charge in [-0.1, -0.05) is 54.4 Å². The third kappa shape index (κ3) is 4.09. The summed E-state index contributed by atoms with van der Waals surface area (Å²) in [5.74, 6) is 0. The Kier molecular flexibility index (Phi) is 6.13. The lowest BCUT2D eigenvalue weighted by atomic mass is 9.99.